The third-order valence-corrected chi connectivity index (χ3v) is 2.58. The van der Waals surface area contributed by atoms with E-state index in [1.54, 1.807) is 0 Å². The maximum absolute atomic E-state index is 12.9. The van der Waals surface area contributed by atoms with Crippen LogP contribution in [0.5, 0.6) is 0 Å². The summed E-state index contributed by atoms with van der Waals surface area (Å²) >= 11 is 0. The zero-order chi connectivity index (χ0) is 11.5. The van der Waals surface area contributed by atoms with Gasteiger partial charge in [0.15, 0.2) is 17.5 Å². The Bertz CT molecular complexity index is 354. The monoisotopic (exact) mass is 231 g/mol. The lowest BCUT2D eigenvalue weighted by Crippen LogP contribution is -2.27. The first-order chi connectivity index (χ1) is 7.66. The maximum Gasteiger partial charge on any atom is 0.194 e. The van der Waals surface area contributed by atoms with Gasteiger partial charge in [-0.2, -0.15) is 0 Å². The van der Waals surface area contributed by atoms with Crippen molar-refractivity contribution in [3.8, 4) is 0 Å². The van der Waals surface area contributed by atoms with Crippen molar-refractivity contribution < 1.29 is 17.9 Å². The molecule has 2 nitrogen and oxygen atoms in total. The van der Waals surface area contributed by atoms with Crippen molar-refractivity contribution in [3.63, 3.8) is 0 Å². The Morgan fingerprint density at radius 2 is 1.62 bits per heavy atom. The summed E-state index contributed by atoms with van der Waals surface area (Å²) < 4.78 is 43.7. The molecule has 1 aliphatic heterocycles. The van der Waals surface area contributed by atoms with Gasteiger partial charge in [0.05, 0.1) is 0 Å². The molecule has 1 aliphatic rings. The maximum atomic E-state index is 12.9. The van der Waals surface area contributed by atoms with Crippen LogP contribution in [-0.4, -0.2) is 19.3 Å². The first-order valence-corrected chi connectivity index (χ1v) is 5.15. The van der Waals surface area contributed by atoms with Crippen molar-refractivity contribution in [3.05, 3.63) is 29.6 Å². The lowest BCUT2D eigenvalue weighted by Gasteiger charge is -2.24. The van der Waals surface area contributed by atoms with Gasteiger partial charge in [-0.3, -0.25) is 0 Å². The fourth-order valence-electron chi connectivity index (χ4n) is 1.72. The predicted molar refractivity (Wildman–Crippen MR) is 53.8 cm³/mol. The van der Waals surface area contributed by atoms with Crippen LogP contribution in [0.2, 0.25) is 0 Å². The van der Waals surface area contributed by atoms with E-state index in [2.05, 4.69) is 5.32 Å². The molecular formula is C11H12F3NO. The van der Waals surface area contributed by atoms with Crippen molar-refractivity contribution in [1.29, 1.82) is 0 Å². The van der Waals surface area contributed by atoms with E-state index >= 15 is 0 Å². The largest absolute Gasteiger partial charge is 0.382 e. The number of rotatable bonds is 2. The molecule has 0 unspecified atom stereocenters. The van der Waals surface area contributed by atoms with Crippen LogP contribution in [0.3, 0.4) is 0 Å². The van der Waals surface area contributed by atoms with Crippen LogP contribution in [0.1, 0.15) is 12.8 Å². The minimum atomic E-state index is -1.43. The zero-order valence-corrected chi connectivity index (χ0v) is 8.60. The number of hydrogen-bond acceptors (Lipinski definition) is 2. The first-order valence-electron chi connectivity index (χ1n) is 5.15. The van der Waals surface area contributed by atoms with Crippen LogP contribution in [0, 0.1) is 17.5 Å². The van der Waals surface area contributed by atoms with Crippen LogP contribution in [0.25, 0.3) is 0 Å². The lowest BCUT2D eigenvalue weighted by atomic mass is 10.1. The number of hydrogen-bond donors (Lipinski definition) is 1. The Hall–Kier alpha value is -1.23. The van der Waals surface area contributed by atoms with Crippen molar-refractivity contribution in [2.75, 3.05) is 18.5 Å². The Kier molecular flexibility index (Phi) is 3.33. The highest BCUT2D eigenvalue weighted by Gasteiger charge is 2.16. The minimum absolute atomic E-state index is 0.123. The Morgan fingerprint density at radius 3 is 2.19 bits per heavy atom. The highest BCUT2D eigenvalue weighted by atomic mass is 19.2. The fraction of sp³-hybridized carbons (Fsp3) is 0.455. The van der Waals surface area contributed by atoms with Gasteiger partial charge in [-0.1, -0.05) is 0 Å². The van der Waals surface area contributed by atoms with E-state index in [9.17, 15) is 13.2 Å². The number of anilines is 1. The summed E-state index contributed by atoms with van der Waals surface area (Å²) in [6.45, 7) is 1.26. The first kappa shape index (κ1) is 11.3. The smallest absolute Gasteiger partial charge is 0.194 e. The van der Waals surface area contributed by atoms with E-state index < -0.39 is 17.5 Å². The summed E-state index contributed by atoms with van der Waals surface area (Å²) in [5, 5.41) is 2.96. The summed E-state index contributed by atoms with van der Waals surface area (Å²) in [6.07, 6.45) is 1.56. The zero-order valence-electron chi connectivity index (χ0n) is 8.60. The standard InChI is InChI=1S/C11H12F3NO/c12-9-5-8(6-10(13)11(9)14)15-7-1-3-16-4-2-7/h5-7,15H,1-4H2. The van der Waals surface area contributed by atoms with Gasteiger partial charge in [0, 0.05) is 37.1 Å². The van der Waals surface area contributed by atoms with Crippen molar-refractivity contribution in [1.82, 2.24) is 0 Å². The fourth-order valence-corrected chi connectivity index (χ4v) is 1.72. The molecule has 0 saturated carbocycles. The van der Waals surface area contributed by atoms with E-state index in [1.807, 2.05) is 0 Å². The van der Waals surface area contributed by atoms with E-state index in [1.165, 1.54) is 0 Å². The Balaban J connectivity index is 2.09. The molecule has 0 aromatic heterocycles. The molecule has 1 aromatic rings. The van der Waals surface area contributed by atoms with Crippen molar-refractivity contribution in [2.24, 2.45) is 0 Å². The molecule has 1 aromatic carbocycles. The topological polar surface area (TPSA) is 21.3 Å². The van der Waals surface area contributed by atoms with Gasteiger partial charge < -0.3 is 10.1 Å². The normalized spacial score (nSPS) is 17.4. The Morgan fingerprint density at radius 1 is 1.06 bits per heavy atom. The van der Waals surface area contributed by atoms with Crippen LogP contribution >= 0.6 is 0 Å². The van der Waals surface area contributed by atoms with Gasteiger partial charge in [0.1, 0.15) is 0 Å². The summed E-state index contributed by atoms with van der Waals surface area (Å²) in [4.78, 5) is 0. The van der Waals surface area contributed by atoms with E-state index in [0.29, 0.717) is 13.2 Å². The predicted octanol–water partition coefficient (Wildman–Crippen LogP) is 2.69. The summed E-state index contributed by atoms with van der Waals surface area (Å²) in [7, 11) is 0. The van der Waals surface area contributed by atoms with Crippen LogP contribution in [0.15, 0.2) is 12.1 Å². The molecule has 1 saturated heterocycles. The second kappa shape index (κ2) is 4.74. The number of benzene rings is 1. The van der Waals surface area contributed by atoms with Gasteiger partial charge in [-0.05, 0) is 12.8 Å². The highest BCUT2D eigenvalue weighted by molar-refractivity contribution is 5.45. The molecule has 0 radical (unpaired) electrons. The summed E-state index contributed by atoms with van der Waals surface area (Å²) in [5.41, 5.74) is 0.267. The van der Waals surface area contributed by atoms with Crippen LogP contribution in [0.4, 0.5) is 18.9 Å². The van der Waals surface area contributed by atoms with Gasteiger partial charge in [-0.15, -0.1) is 0 Å². The molecule has 0 amide bonds. The summed E-state index contributed by atoms with van der Waals surface area (Å²) in [5.74, 6) is -3.78. The van der Waals surface area contributed by atoms with Gasteiger partial charge in [-0.25, -0.2) is 13.2 Å². The number of halogens is 3. The van der Waals surface area contributed by atoms with Gasteiger partial charge in [0.2, 0.25) is 0 Å². The molecule has 0 aliphatic carbocycles. The molecule has 16 heavy (non-hydrogen) atoms. The van der Waals surface area contributed by atoms with Gasteiger partial charge >= 0.3 is 0 Å². The SMILES string of the molecule is Fc1cc(NC2CCOCC2)cc(F)c1F. The van der Waals surface area contributed by atoms with Crippen molar-refractivity contribution in [2.45, 2.75) is 18.9 Å². The highest BCUT2D eigenvalue weighted by Crippen LogP contribution is 2.20. The average molecular weight is 231 g/mol. The van der Waals surface area contributed by atoms with Crippen LogP contribution in [-0.2, 0) is 4.74 Å². The van der Waals surface area contributed by atoms with E-state index in [4.69, 9.17) is 4.74 Å². The third-order valence-electron chi connectivity index (χ3n) is 2.58. The molecule has 88 valence electrons. The summed E-state index contributed by atoms with van der Waals surface area (Å²) in [6, 6.07) is 2.06. The van der Waals surface area contributed by atoms with E-state index in [0.717, 1.165) is 25.0 Å². The third kappa shape index (κ3) is 2.47. The molecule has 1 N–H and O–H groups in total. The molecule has 0 atom stereocenters. The van der Waals surface area contributed by atoms with E-state index in [-0.39, 0.29) is 11.7 Å². The average Bonchev–Trinajstić information content (AvgIpc) is 2.27. The molecular weight excluding hydrogens is 219 g/mol. The lowest BCUT2D eigenvalue weighted by molar-refractivity contribution is 0.0904. The molecule has 0 spiro atoms. The molecule has 5 heteroatoms. The quantitative estimate of drug-likeness (QED) is 0.790. The number of nitrogens with one attached hydrogen (secondary N) is 1. The molecule has 1 fully saturated rings. The molecule has 2 rings (SSSR count). The second-order valence-corrected chi connectivity index (χ2v) is 3.78. The van der Waals surface area contributed by atoms with Crippen molar-refractivity contribution >= 4 is 5.69 Å². The van der Waals surface area contributed by atoms with Crippen LogP contribution < -0.4 is 5.32 Å². The second-order valence-electron chi connectivity index (χ2n) is 3.78. The Labute approximate surface area is 91.4 Å². The minimum Gasteiger partial charge on any atom is -0.382 e. The number of ether oxygens (including phenoxy) is 1. The molecule has 1 heterocycles. The molecule has 0 bridgehead atoms. The van der Waals surface area contributed by atoms with Gasteiger partial charge in [0.25, 0.3) is 0 Å².